The van der Waals surface area contributed by atoms with Gasteiger partial charge >= 0.3 is 0 Å². The van der Waals surface area contributed by atoms with Crippen LogP contribution in [0.2, 0.25) is 0 Å². The Morgan fingerprint density at radius 1 is 0.643 bits per heavy atom. The number of rotatable bonds is 22. The highest BCUT2D eigenvalue weighted by Crippen LogP contribution is 2.27. The van der Waals surface area contributed by atoms with Crippen molar-refractivity contribution >= 4 is 101 Å². The van der Waals surface area contributed by atoms with Gasteiger partial charge in [-0.15, -0.1) is 36.0 Å². The van der Waals surface area contributed by atoms with E-state index in [0.29, 0.717) is 5.56 Å². The summed E-state index contributed by atoms with van der Waals surface area (Å²) in [4.78, 5) is 112. The molecule has 10 N–H and O–H groups in total. The number of amides is 9. The first-order valence-electron chi connectivity index (χ1n) is 17.2. The molecular formula is C34H52ClN9O9S3. The Morgan fingerprint density at radius 3 is 1.68 bits per heavy atom. The molecule has 0 bridgehead atoms. The van der Waals surface area contributed by atoms with Crippen LogP contribution in [0.15, 0.2) is 30.3 Å². The van der Waals surface area contributed by atoms with E-state index in [1.165, 1.54) is 11.8 Å². The molecule has 0 aromatic heterocycles. The first-order chi connectivity index (χ1) is 26.0. The molecule has 9 amide bonds. The molecule has 4 atom stereocenters. The van der Waals surface area contributed by atoms with E-state index in [9.17, 15) is 43.2 Å². The number of nitrogens with one attached hydrogen (secondary N) is 8. The van der Waals surface area contributed by atoms with Crippen LogP contribution in [0.5, 0.6) is 0 Å². The van der Waals surface area contributed by atoms with Crippen molar-refractivity contribution in [2.24, 2.45) is 5.73 Å². The summed E-state index contributed by atoms with van der Waals surface area (Å²) in [7, 11) is 0. The van der Waals surface area contributed by atoms with Crippen LogP contribution >= 0.6 is 47.8 Å². The molecule has 0 radical (unpaired) electrons. The smallest absolute Gasteiger partial charge is 0.253 e. The van der Waals surface area contributed by atoms with Crippen molar-refractivity contribution in [3.63, 3.8) is 0 Å². The molecule has 0 saturated carbocycles. The molecule has 22 heteroatoms. The van der Waals surface area contributed by atoms with Gasteiger partial charge in [0.2, 0.25) is 47.3 Å². The fraction of sp³-hybridized carbons (Fsp3) is 0.559. The molecule has 0 heterocycles. The first-order valence-corrected chi connectivity index (χ1v) is 20.1. The summed E-state index contributed by atoms with van der Waals surface area (Å²) in [5.74, 6) is -6.71. The number of primary amides is 1. The summed E-state index contributed by atoms with van der Waals surface area (Å²) in [5.41, 5.74) is 5.91. The van der Waals surface area contributed by atoms with Gasteiger partial charge in [0.05, 0.1) is 26.2 Å². The average molecular weight is 862 g/mol. The third kappa shape index (κ3) is 22.4. The van der Waals surface area contributed by atoms with Crippen LogP contribution in [0, 0.1) is 0 Å². The summed E-state index contributed by atoms with van der Waals surface area (Å²) in [6, 6.07) is 6.52. The maximum absolute atomic E-state index is 13.5. The predicted octanol–water partition coefficient (Wildman–Crippen LogP) is -1.73. The van der Waals surface area contributed by atoms with E-state index in [0.717, 1.165) is 11.8 Å². The van der Waals surface area contributed by atoms with Gasteiger partial charge in [-0.2, -0.15) is 11.8 Å². The van der Waals surface area contributed by atoms with E-state index in [4.69, 9.17) is 17.3 Å². The van der Waals surface area contributed by atoms with Gasteiger partial charge in [0.15, 0.2) is 10.7 Å². The Balaban J connectivity index is 2.78. The lowest BCUT2D eigenvalue weighted by Gasteiger charge is -2.28. The second kappa shape index (κ2) is 24.4. The fourth-order valence-electron chi connectivity index (χ4n) is 4.07. The SMILES string of the molecule is CC(C)(C)SCC(NC(=O)CNC(=O)CCl)C(=O)NCC(=O)NCC(=O)NCC(=O)NC(SC(C)(C)C)C(=O)N[C@@H](Cc1ccccc1)C(=O)NC(S)C(N)=O. The standard InChI is InChI=1S/C34H52ClN9O9S3/c1-33(2,3)55-18-21(41-25(48)16-37-22(45)13-35)28(51)40-15-24(47)38-14-23(46)39-17-26(49)43-32(56-34(4,5)6)30(53)42-20(12-19-10-8-7-9-11-19)29(52)44-31(54)27(36)50/h7-11,20-21,31-32,54H,12-18H2,1-6H3,(H2,36,50)(H,37,45)(H,38,47)(H,39,46)(H,40,51)(H,41,48)(H,42,53)(H,43,49)(H,44,52)/t20-,21?,31?,32?/m0/s1. The zero-order valence-corrected chi connectivity index (χ0v) is 35.3. The van der Waals surface area contributed by atoms with Crippen molar-refractivity contribution in [2.45, 2.75) is 80.3 Å². The van der Waals surface area contributed by atoms with Gasteiger partial charge in [-0.3, -0.25) is 43.2 Å². The number of nitrogens with two attached hydrogens (primary N) is 1. The van der Waals surface area contributed by atoms with Crippen molar-refractivity contribution in [3.8, 4) is 0 Å². The lowest BCUT2D eigenvalue weighted by atomic mass is 10.1. The van der Waals surface area contributed by atoms with E-state index in [-0.39, 0.29) is 22.8 Å². The Bertz CT molecular complexity index is 1560. The van der Waals surface area contributed by atoms with Crippen molar-refractivity contribution in [1.29, 1.82) is 0 Å². The summed E-state index contributed by atoms with van der Waals surface area (Å²) >= 11 is 11.8. The molecule has 0 aliphatic carbocycles. The molecule has 1 aromatic carbocycles. The number of alkyl halides is 1. The predicted molar refractivity (Wildman–Crippen MR) is 218 cm³/mol. The maximum Gasteiger partial charge on any atom is 0.253 e. The van der Waals surface area contributed by atoms with E-state index < -0.39 is 107 Å². The number of benzene rings is 1. The molecule has 0 fully saturated rings. The Labute approximate surface area is 345 Å². The number of hydrogen-bond acceptors (Lipinski definition) is 12. The summed E-state index contributed by atoms with van der Waals surface area (Å²) in [5, 5.41) is 16.8. The van der Waals surface area contributed by atoms with Gasteiger partial charge in [0, 0.05) is 21.7 Å². The van der Waals surface area contributed by atoms with Crippen LogP contribution in [0.25, 0.3) is 0 Å². The minimum atomic E-state index is -1.32. The number of thiol groups is 1. The monoisotopic (exact) mass is 861 g/mol. The molecule has 0 aliphatic heterocycles. The van der Waals surface area contributed by atoms with E-state index >= 15 is 0 Å². The maximum atomic E-state index is 13.5. The summed E-state index contributed by atoms with van der Waals surface area (Å²) < 4.78 is -0.818. The molecule has 3 unspecified atom stereocenters. The van der Waals surface area contributed by atoms with Gasteiger partial charge in [0.25, 0.3) is 5.91 Å². The lowest BCUT2D eigenvalue weighted by Crippen LogP contribution is -2.56. The number of hydrogen-bond donors (Lipinski definition) is 10. The van der Waals surface area contributed by atoms with E-state index in [1.807, 2.05) is 20.8 Å². The lowest BCUT2D eigenvalue weighted by molar-refractivity contribution is -0.131. The average Bonchev–Trinajstić information content (AvgIpc) is 3.11. The van der Waals surface area contributed by atoms with Gasteiger partial charge in [0.1, 0.15) is 18.0 Å². The first kappa shape index (κ1) is 49.8. The Morgan fingerprint density at radius 2 is 1.16 bits per heavy atom. The number of carbonyl (C=O) groups is 9. The Kier molecular flexibility index (Phi) is 21.7. The molecular weight excluding hydrogens is 810 g/mol. The van der Waals surface area contributed by atoms with Crippen LogP contribution in [-0.4, -0.2) is 123 Å². The number of thioether (sulfide) groups is 2. The largest absolute Gasteiger partial charge is 0.367 e. The van der Waals surface area contributed by atoms with Gasteiger partial charge in [-0.1, -0.05) is 71.9 Å². The number of halogens is 1. The molecule has 18 nitrogen and oxygen atoms in total. The molecule has 56 heavy (non-hydrogen) atoms. The molecule has 312 valence electrons. The topological polar surface area (TPSA) is 276 Å². The van der Waals surface area contributed by atoms with Crippen molar-refractivity contribution < 1.29 is 43.2 Å². The second-order valence-corrected chi connectivity index (χ2v) is 18.5. The normalized spacial score (nSPS) is 13.4. The van der Waals surface area contributed by atoms with Crippen LogP contribution in [0.1, 0.15) is 47.1 Å². The molecule has 0 spiro atoms. The van der Waals surface area contributed by atoms with Crippen molar-refractivity contribution in [3.05, 3.63) is 35.9 Å². The van der Waals surface area contributed by atoms with E-state index in [2.05, 4.69) is 55.2 Å². The van der Waals surface area contributed by atoms with Crippen molar-refractivity contribution in [1.82, 2.24) is 42.5 Å². The highest BCUT2D eigenvalue weighted by atomic mass is 35.5. The third-order valence-electron chi connectivity index (χ3n) is 6.68. The zero-order valence-electron chi connectivity index (χ0n) is 32.0. The van der Waals surface area contributed by atoms with Crippen molar-refractivity contribution in [2.75, 3.05) is 37.8 Å². The molecule has 0 saturated heterocycles. The van der Waals surface area contributed by atoms with Crippen LogP contribution < -0.4 is 48.3 Å². The highest BCUT2D eigenvalue weighted by Gasteiger charge is 2.32. The quantitative estimate of drug-likeness (QED) is 0.0355. The van der Waals surface area contributed by atoms with Gasteiger partial charge in [-0.05, 0) is 5.56 Å². The second-order valence-electron chi connectivity index (χ2n) is 14.0. The van der Waals surface area contributed by atoms with Gasteiger partial charge < -0.3 is 48.3 Å². The third-order valence-corrected chi connectivity index (χ3v) is 9.95. The van der Waals surface area contributed by atoms with Crippen LogP contribution in [0.3, 0.4) is 0 Å². The fourth-order valence-corrected chi connectivity index (χ4v) is 6.27. The molecule has 0 aliphatic rings. The van der Waals surface area contributed by atoms with Gasteiger partial charge in [-0.25, -0.2) is 0 Å². The highest BCUT2D eigenvalue weighted by molar-refractivity contribution is 8.01. The van der Waals surface area contributed by atoms with E-state index in [1.54, 1.807) is 51.1 Å². The van der Waals surface area contributed by atoms with Crippen LogP contribution in [-0.2, 0) is 49.6 Å². The molecule has 1 aromatic rings. The zero-order chi connectivity index (χ0) is 42.6. The minimum Gasteiger partial charge on any atom is -0.367 e. The van der Waals surface area contributed by atoms with Crippen LogP contribution in [0.4, 0.5) is 0 Å². The Hall–Kier alpha value is -4.21. The summed E-state index contributed by atoms with van der Waals surface area (Å²) in [6.45, 7) is 9.07. The molecule has 1 rings (SSSR count). The summed E-state index contributed by atoms with van der Waals surface area (Å²) in [6.07, 6.45) is 0.0354. The number of carbonyl (C=O) groups excluding carboxylic acids is 9. The minimum absolute atomic E-state index is 0.0354.